The predicted molar refractivity (Wildman–Crippen MR) is 98.4 cm³/mol. The van der Waals surface area contributed by atoms with Gasteiger partial charge in [0.1, 0.15) is 5.52 Å². The summed E-state index contributed by atoms with van der Waals surface area (Å²) in [5.41, 5.74) is 0.125. The number of pyridine rings is 1. The molecular formula is C18H24BN3O4. The van der Waals surface area contributed by atoms with E-state index in [1.807, 2.05) is 33.8 Å². The molecule has 8 heteroatoms. The molecule has 1 saturated carbocycles. The minimum Gasteiger partial charge on any atom is -0.399 e. The van der Waals surface area contributed by atoms with E-state index < -0.39 is 23.9 Å². The summed E-state index contributed by atoms with van der Waals surface area (Å²) in [5.74, 6) is 0. The van der Waals surface area contributed by atoms with Crippen LogP contribution in [0.3, 0.4) is 0 Å². The lowest BCUT2D eigenvalue weighted by atomic mass is 9.77. The van der Waals surface area contributed by atoms with E-state index in [0.717, 1.165) is 5.46 Å². The summed E-state index contributed by atoms with van der Waals surface area (Å²) in [6.07, 6.45) is 4.06. The zero-order valence-corrected chi connectivity index (χ0v) is 15.8. The minimum absolute atomic E-state index is 0.0572. The molecule has 1 aliphatic carbocycles. The van der Waals surface area contributed by atoms with Gasteiger partial charge in [-0.25, -0.2) is 9.97 Å². The zero-order valence-electron chi connectivity index (χ0n) is 15.8. The summed E-state index contributed by atoms with van der Waals surface area (Å²) < 4.78 is 13.8. The van der Waals surface area contributed by atoms with Crippen LogP contribution < -0.4 is 11.0 Å². The van der Waals surface area contributed by atoms with Crippen LogP contribution in [0.1, 0.15) is 53.5 Å². The molecule has 26 heavy (non-hydrogen) atoms. The first-order valence-corrected chi connectivity index (χ1v) is 8.94. The van der Waals surface area contributed by atoms with Crippen molar-refractivity contribution in [3.63, 3.8) is 0 Å². The van der Waals surface area contributed by atoms with E-state index in [4.69, 9.17) is 9.31 Å². The van der Waals surface area contributed by atoms with Crippen LogP contribution in [0.15, 0.2) is 23.3 Å². The second-order valence-corrected chi connectivity index (χ2v) is 8.73. The third kappa shape index (κ3) is 2.67. The first kappa shape index (κ1) is 17.6. The molecule has 4 rings (SSSR count). The average molecular weight is 357 g/mol. The van der Waals surface area contributed by atoms with Crippen LogP contribution in [0.25, 0.3) is 11.2 Å². The molecule has 1 saturated heterocycles. The maximum atomic E-state index is 12.3. The number of nitrogens with zero attached hydrogens (tertiary/aromatic N) is 3. The highest BCUT2D eigenvalue weighted by molar-refractivity contribution is 6.62. The Hall–Kier alpha value is -1.77. The van der Waals surface area contributed by atoms with Crippen molar-refractivity contribution in [2.45, 2.75) is 70.3 Å². The Bertz CT molecular complexity index is 914. The highest BCUT2D eigenvalue weighted by Gasteiger charge is 2.52. The molecular weight excluding hydrogens is 333 g/mol. The first-order valence-electron chi connectivity index (χ1n) is 8.94. The van der Waals surface area contributed by atoms with Gasteiger partial charge in [-0.2, -0.15) is 0 Å². The van der Waals surface area contributed by atoms with Gasteiger partial charge in [0.05, 0.1) is 23.0 Å². The predicted octanol–water partition coefficient (Wildman–Crippen LogP) is 1.18. The summed E-state index contributed by atoms with van der Waals surface area (Å²) in [6.45, 7) is 9.78. The molecule has 2 aliphatic rings. The monoisotopic (exact) mass is 357 g/mol. The fourth-order valence-electron chi connectivity index (χ4n) is 3.63. The molecule has 3 heterocycles. The van der Waals surface area contributed by atoms with Crippen molar-refractivity contribution in [1.82, 2.24) is 14.5 Å². The fraction of sp³-hybridized carbons (Fsp3) is 0.611. The zero-order chi connectivity index (χ0) is 18.9. The van der Waals surface area contributed by atoms with Gasteiger partial charge in [0.15, 0.2) is 5.65 Å². The molecule has 0 aromatic carbocycles. The standard InChI is InChI=1S/C18H24BN3O4/c1-16(2)17(3,4)26-19(25-16)11-6-13-15(21-9-11)22(14(23)10-20-13)12-7-18(5,24)8-12/h6,9-10,12,24H,7-8H2,1-5H3. The van der Waals surface area contributed by atoms with Gasteiger partial charge in [-0.15, -0.1) is 0 Å². The summed E-state index contributed by atoms with van der Waals surface area (Å²) in [5, 5.41) is 10.0. The Morgan fingerprint density at radius 3 is 2.31 bits per heavy atom. The quantitative estimate of drug-likeness (QED) is 0.813. The van der Waals surface area contributed by atoms with Gasteiger partial charge >= 0.3 is 7.12 Å². The number of hydrogen-bond donors (Lipinski definition) is 1. The average Bonchev–Trinajstić information content (AvgIpc) is 2.72. The van der Waals surface area contributed by atoms with Crippen molar-refractivity contribution >= 4 is 23.7 Å². The Morgan fingerprint density at radius 2 is 1.73 bits per heavy atom. The third-order valence-corrected chi connectivity index (χ3v) is 5.89. The number of rotatable bonds is 2. The highest BCUT2D eigenvalue weighted by atomic mass is 16.7. The van der Waals surface area contributed by atoms with E-state index >= 15 is 0 Å². The van der Waals surface area contributed by atoms with Crippen molar-refractivity contribution in [3.05, 3.63) is 28.8 Å². The lowest BCUT2D eigenvalue weighted by Crippen LogP contribution is -2.45. The molecule has 0 amide bonds. The van der Waals surface area contributed by atoms with Gasteiger partial charge in [0.2, 0.25) is 0 Å². The van der Waals surface area contributed by atoms with Crippen molar-refractivity contribution in [2.24, 2.45) is 0 Å². The number of fused-ring (bicyclic) bond motifs is 1. The second kappa shape index (κ2) is 5.37. The van der Waals surface area contributed by atoms with Gasteiger partial charge in [0.25, 0.3) is 5.56 Å². The van der Waals surface area contributed by atoms with Crippen LogP contribution in [-0.2, 0) is 9.31 Å². The molecule has 0 radical (unpaired) electrons. The molecule has 7 nitrogen and oxygen atoms in total. The topological polar surface area (TPSA) is 86.5 Å². The summed E-state index contributed by atoms with van der Waals surface area (Å²) in [7, 11) is -0.525. The molecule has 0 atom stereocenters. The Kier molecular flexibility index (Phi) is 3.65. The van der Waals surface area contributed by atoms with Crippen LogP contribution in [0, 0.1) is 0 Å². The minimum atomic E-state index is -0.720. The fourth-order valence-corrected chi connectivity index (χ4v) is 3.63. The molecule has 2 aromatic heterocycles. The Morgan fingerprint density at radius 1 is 1.12 bits per heavy atom. The Balaban J connectivity index is 1.72. The van der Waals surface area contributed by atoms with Crippen molar-refractivity contribution in [2.75, 3.05) is 0 Å². The lowest BCUT2D eigenvalue weighted by Gasteiger charge is -2.41. The molecule has 2 fully saturated rings. The summed E-state index contributed by atoms with van der Waals surface area (Å²) in [4.78, 5) is 21.1. The van der Waals surface area contributed by atoms with Crippen LogP contribution in [0.5, 0.6) is 0 Å². The van der Waals surface area contributed by atoms with Crippen LogP contribution in [0.4, 0.5) is 0 Å². The molecule has 0 spiro atoms. The van der Waals surface area contributed by atoms with Crippen molar-refractivity contribution in [1.29, 1.82) is 0 Å². The smallest absolute Gasteiger partial charge is 0.399 e. The maximum Gasteiger partial charge on any atom is 0.496 e. The van der Waals surface area contributed by atoms with Crippen molar-refractivity contribution < 1.29 is 14.4 Å². The molecule has 1 aliphatic heterocycles. The normalized spacial score (nSPS) is 29.8. The van der Waals surface area contributed by atoms with E-state index in [2.05, 4.69) is 9.97 Å². The van der Waals surface area contributed by atoms with E-state index in [9.17, 15) is 9.90 Å². The molecule has 1 N–H and O–H groups in total. The summed E-state index contributed by atoms with van der Waals surface area (Å²) in [6, 6.07) is 1.80. The Labute approximate surface area is 152 Å². The van der Waals surface area contributed by atoms with E-state index in [1.165, 1.54) is 6.20 Å². The van der Waals surface area contributed by atoms with Crippen LogP contribution in [0.2, 0.25) is 0 Å². The molecule has 0 unspecified atom stereocenters. The summed E-state index contributed by atoms with van der Waals surface area (Å²) >= 11 is 0. The van der Waals surface area contributed by atoms with Gasteiger partial charge < -0.3 is 14.4 Å². The number of hydrogen-bond acceptors (Lipinski definition) is 6. The van der Waals surface area contributed by atoms with Crippen LogP contribution in [-0.4, -0.2) is 43.6 Å². The SMILES string of the molecule is CC1(O)CC(n2c(=O)cnc3cc(B4OC(C)(C)C(C)(C)O4)cnc32)C1. The highest BCUT2D eigenvalue weighted by Crippen LogP contribution is 2.41. The first-order chi connectivity index (χ1) is 12.0. The second-order valence-electron chi connectivity index (χ2n) is 8.73. The van der Waals surface area contributed by atoms with Gasteiger partial charge in [-0.05, 0) is 53.5 Å². The number of aromatic nitrogens is 3. The molecule has 0 bridgehead atoms. The molecule has 138 valence electrons. The maximum absolute atomic E-state index is 12.3. The van der Waals surface area contributed by atoms with Gasteiger partial charge in [-0.1, -0.05) is 0 Å². The van der Waals surface area contributed by atoms with E-state index in [1.54, 1.807) is 17.7 Å². The largest absolute Gasteiger partial charge is 0.496 e. The number of aliphatic hydroxyl groups is 1. The van der Waals surface area contributed by atoms with Gasteiger partial charge in [-0.3, -0.25) is 9.36 Å². The van der Waals surface area contributed by atoms with E-state index in [-0.39, 0.29) is 11.6 Å². The van der Waals surface area contributed by atoms with Crippen LogP contribution >= 0.6 is 0 Å². The lowest BCUT2D eigenvalue weighted by molar-refractivity contribution is -0.0507. The van der Waals surface area contributed by atoms with Gasteiger partial charge in [0, 0.05) is 17.7 Å². The third-order valence-electron chi connectivity index (χ3n) is 5.89. The van der Waals surface area contributed by atoms with Crippen molar-refractivity contribution in [3.8, 4) is 0 Å². The molecule has 2 aromatic rings. The van der Waals surface area contributed by atoms with E-state index in [0.29, 0.717) is 24.0 Å².